The van der Waals surface area contributed by atoms with E-state index < -0.39 is 0 Å². The van der Waals surface area contributed by atoms with Crippen LogP contribution in [0.25, 0.3) is 0 Å². The minimum absolute atomic E-state index is 0.0470. The van der Waals surface area contributed by atoms with E-state index in [1.807, 2.05) is 32.0 Å². The first-order valence-electron chi connectivity index (χ1n) is 8.40. The van der Waals surface area contributed by atoms with Gasteiger partial charge in [-0.3, -0.25) is 9.69 Å². The predicted octanol–water partition coefficient (Wildman–Crippen LogP) is 2.81. The Bertz CT molecular complexity index is 533. The summed E-state index contributed by atoms with van der Waals surface area (Å²) in [6.07, 6.45) is 0.845. The molecule has 0 spiro atoms. The molecule has 4 nitrogen and oxygen atoms in total. The number of benzene rings is 1. The molecule has 0 aromatic heterocycles. The molecule has 2 N–H and O–H groups in total. The number of halogens is 1. The third kappa shape index (κ3) is 5.20. The van der Waals surface area contributed by atoms with Crippen LogP contribution < -0.4 is 10.6 Å². The standard InChI is InChI=1S/C18H28ClN3O/c1-12(2)21-18(23)17-9-16(11-22(17)13(3)4)20-10-14-6-5-7-15(19)8-14/h5-8,12-13,16-17,20H,9-11H2,1-4H3,(H,21,23)/t16-,17+/m1/s1. The number of amides is 1. The fraction of sp³-hybridized carbons (Fsp3) is 0.611. The molecule has 1 aromatic carbocycles. The van der Waals surface area contributed by atoms with Gasteiger partial charge in [0, 0.05) is 36.2 Å². The predicted molar refractivity (Wildman–Crippen MR) is 95.6 cm³/mol. The van der Waals surface area contributed by atoms with Gasteiger partial charge in [-0.15, -0.1) is 0 Å². The van der Waals surface area contributed by atoms with Crippen molar-refractivity contribution in [2.75, 3.05) is 6.54 Å². The molecule has 1 aliphatic rings. The second kappa shape index (κ2) is 8.13. The number of nitrogens with zero attached hydrogens (tertiary/aromatic N) is 1. The maximum absolute atomic E-state index is 12.4. The summed E-state index contributed by atoms with van der Waals surface area (Å²) in [7, 11) is 0. The minimum atomic E-state index is -0.0470. The number of nitrogens with one attached hydrogen (secondary N) is 2. The molecule has 0 bridgehead atoms. The quantitative estimate of drug-likeness (QED) is 0.839. The molecular formula is C18H28ClN3O. The largest absolute Gasteiger partial charge is 0.353 e. The minimum Gasteiger partial charge on any atom is -0.353 e. The van der Waals surface area contributed by atoms with Crippen molar-refractivity contribution in [3.8, 4) is 0 Å². The molecule has 2 atom stereocenters. The van der Waals surface area contributed by atoms with Crippen molar-refractivity contribution in [3.05, 3.63) is 34.9 Å². The maximum atomic E-state index is 12.4. The highest BCUT2D eigenvalue weighted by Crippen LogP contribution is 2.21. The molecule has 1 heterocycles. The van der Waals surface area contributed by atoms with Gasteiger partial charge in [0.1, 0.15) is 0 Å². The van der Waals surface area contributed by atoms with E-state index in [2.05, 4.69) is 35.4 Å². The van der Waals surface area contributed by atoms with Gasteiger partial charge in [0.25, 0.3) is 0 Å². The zero-order chi connectivity index (χ0) is 17.0. The molecule has 1 fully saturated rings. The van der Waals surface area contributed by atoms with Crippen LogP contribution >= 0.6 is 11.6 Å². The van der Waals surface area contributed by atoms with E-state index in [0.29, 0.717) is 12.1 Å². The maximum Gasteiger partial charge on any atom is 0.237 e. The lowest BCUT2D eigenvalue weighted by atomic mass is 10.1. The van der Waals surface area contributed by atoms with Crippen LogP contribution in [0.4, 0.5) is 0 Å². The number of likely N-dealkylation sites (tertiary alicyclic amines) is 1. The highest BCUT2D eigenvalue weighted by atomic mass is 35.5. The second-order valence-corrected chi connectivity index (χ2v) is 7.35. The first-order valence-corrected chi connectivity index (χ1v) is 8.78. The lowest BCUT2D eigenvalue weighted by Gasteiger charge is -2.27. The number of carbonyl (C=O) groups is 1. The van der Waals surface area contributed by atoms with Crippen LogP contribution in [0, 0.1) is 0 Å². The topological polar surface area (TPSA) is 44.4 Å². The smallest absolute Gasteiger partial charge is 0.237 e. The molecule has 23 heavy (non-hydrogen) atoms. The normalized spacial score (nSPS) is 22.0. The first kappa shape index (κ1) is 18.2. The molecule has 2 rings (SSSR count). The number of rotatable bonds is 6. The van der Waals surface area contributed by atoms with E-state index in [4.69, 9.17) is 11.6 Å². The van der Waals surface area contributed by atoms with Crippen LogP contribution in [0.3, 0.4) is 0 Å². The zero-order valence-corrected chi connectivity index (χ0v) is 15.2. The van der Waals surface area contributed by atoms with E-state index in [-0.39, 0.29) is 18.0 Å². The Kier molecular flexibility index (Phi) is 6.45. The number of hydrogen-bond acceptors (Lipinski definition) is 3. The molecule has 5 heteroatoms. The molecule has 1 amide bonds. The fourth-order valence-corrected chi connectivity index (χ4v) is 3.34. The lowest BCUT2D eigenvalue weighted by molar-refractivity contribution is -0.126. The van der Waals surface area contributed by atoms with Crippen molar-refractivity contribution in [2.45, 2.75) is 64.8 Å². The summed E-state index contributed by atoms with van der Waals surface area (Å²) in [5.74, 6) is 0.140. The Labute approximate surface area is 144 Å². The first-order chi connectivity index (χ1) is 10.9. The van der Waals surface area contributed by atoms with Gasteiger partial charge in [-0.25, -0.2) is 0 Å². The third-order valence-corrected chi connectivity index (χ3v) is 4.46. The Morgan fingerprint density at radius 3 is 2.70 bits per heavy atom. The van der Waals surface area contributed by atoms with Crippen LogP contribution in [0.1, 0.15) is 39.7 Å². The molecule has 128 valence electrons. The van der Waals surface area contributed by atoms with Crippen LogP contribution in [0.5, 0.6) is 0 Å². The van der Waals surface area contributed by atoms with Crippen LogP contribution in [0.2, 0.25) is 5.02 Å². The molecule has 1 aliphatic heterocycles. The van der Waals surface area contributed by atoms with Crippen molar-refractivity contribution in [3.63, 3.8) is 0 Å². The van der Waals surface area contributed by atoms with Gasteiger partial charge < -0.3 is 10.6 Å². The summed E-state index contributed by atoms with van der Waals surface area (Å²) in [6, 6.07) is 8.70. The van der Waals surface area contributed by atoms with E-state index in [1.54, 1.807) is 0 Å². The van der Waals surface area contributed by atoms with Crippen molar-refractivity contribution >= 4 is 17.5 Å². The van der Waals surface area contributed by atoms with Gasteiger partial charge in [0.05, 0.1) is 6.04 Å². The Morgan fingerprint density at radius 1 is 1.35 bits per heavy atom. The lowest BCUT2D eigenvalue weighted by Crippen LogP contribution is -2.47. The van der Waals surface area contributed by atoms with Crippen LogP contribution in [-0.2, 0) is 11.3 Å². The Balaban J connectivity index is 1.95. The number of carbonyl (C=O) groups excluding carboxylic acids is 1. The third-order valence-electron chi connectivity index (χ3n) is 4.22. The van der Waals surface area contributed by atoms with Crippen molar-refractivity contribution in [2.24, 2.45) is 0 Å². The monoisotopic (exact) mass is 337 g/mol. The number of hydrogen-bond donors (Lipinski definition) is 2. The summed E-state index contributed by atoms with van der Waals surface area (Å²) in [6.45, 7) is 9.97. The summed E-state index contributed by atoms with van der Waals surface area (Å²) >= 11 is 6.03. The van der Waals surface area contributed by atoms with Gasteiger partial charge in [0.2, 0.25) is 5.91 Å². The van der Waals surface area contributed by atoms with E-state index in [9.17, 15) is 4.79 Å². The van der Waals surface area contributed by atoms with Crippen LogP contribution in [0.15, 0.2) is 24.3 Å². The van der Waals surface area contributed by atoms with Gasteiger partial charge >= 0.3 is 0 Å². The summed E-state index contributed by atoms with van der Waals surface area (Å²) in [4.78, 5) is 14.7. The van der Waals surface area contributed by atoms with E-state index in [1.165, 1.54) is 5.56 Å². The molecule has 0 radical (unpaired) electrons. The zero-order valence-electron chi connectivity index (χ0n) is 14.5. The van der Waals surface area contributed by atoms with E-state index >= 15 is 0 Å². The van der Waals surface area contributed by atoms with E-state index in [0.717, 1.165) is 24.5 Å². The second-order valence-electron chi connectivity index (χ2n) is 6.91. The summed E-state index contributed by atoms with van der Waals surface area (Å²) in [5.41, 5.74) is 1.17. The fourth-order valence-electron chi connectivity index (χ4n) is 3.13. The summed E-state index contributed by atoms with van der Waals surface area (Å²) in [5, 5.41) is 7.37. The Morgan fingerprint density at radius 2 is 2.09 bits per heavy atom. The van der Waals surface area contributed by atoms with Crippen molar-refractivity contribution in [1.29, 1.82) is 0 Å². The highest BCUT2D eigenvalue weighted by molar-refractivity contribution is 6.30. The van der Waals surface area contributed by atoms with Crippen LogP contribution in [-0.4, -0.2) is 41.5 Å². The van der Waals surface area contributed by atoms with Crippen molar-refractivity contribution in [1.82, 2.24) is 15.5 Å². The molecule has 1 saturated heterocycles. The summed E-state index contributed by atoms with van der Waals surface area (Å²) < 4.78 is 0. The average molecular weight is 338 g/mol. The van der Waals surface area contributed by atoms with Gasteiger partial charge in [-0.1, -0.05) is 23.7 Å². The molecule has 0 unspecified atom stereocenters. The van der Waals surface area contributed by atoms with Gasteiger partial charge in [-0.05, 0) is 51.8 Å². The highest BCUT2D eigenvalue weighted by Gasteiger charge is 2.37. The van der Waals surface area contributed by atoms with Crippen molar-refractivity contribution < 1.29 is 4.79 Å². The molecule has 1 aromatic rings. The molecule has 0 aliphatic carbocycles. The Hall–Kier alpha value is -1.10. The average Bonchev–Trinajstić information content (AvgIpc) is 2.89. The van der Waals surface area contributed by atoms with Gasteiger partial charge in [0.15, 0.2) is 0 Å². The molecular weight excluding hydrogens is 310 g/mol. The SMILES string of the molecule is CC(C)NC(=O)[C@@H]1C[C@@H](NCc2cccc(Cl)c2)CN1C(C)C. The molecule has 0 saturated carbocycles. The van der Waals surface area contributed by atoms with Gasteiger partial charge in [-0.2, -0.15) is 0 Å².